The number of para-hydroxylation sites is 1. The number of amides is 2. The van der Waals surface area contributed by atoms with Gasteiger partial charge in [-0.1, -0.05) is 35.9 Å². The molecule has 0 saturated carbocycles. The second-order valence-corrected chi connectivity index (χ2v) is 7.17. The molecule has 2 aromatic rings. The van der Waals surface area contributed by atoms with E-state index in [0.29, 0.717) is 10.7 Å². The summed E-state index contributed by atoms with van der Waals surface area (Å²) >= 11 is 7.26. The zero-order valence-corrected chi connectivity index (χ0v) is 14.5. The van der Waals surface area contributed by atoms with E-state index in [1.807, 2.05) is 24.3 Å². The molecule has 124 valence electrons. The standard InChI is InChI=1S/C18H17ClN2O2S/c19-13-5-3-6-14(10-13)20-17(22)11-24-16-9-8-12-4-1-2-7-15(12)21-18(16)23/h1-7,10,16H,8-9,11H2,(H,20,22)(H,21,23). The average molecular weight is 361 g/mol. The molecular formula is C18H17ClN2O2S. The number of nitrogens with one attached hydrogen (secondary N) is 2. The van der Waals surface area contributed by atoms with Gasteiger partial charge in [0.2, 0.25) is 11.8 Å². The van der Waals surface area contributed by atoms with E-state index in [4.69, 9.17) is 11.6 Å². The van der Waals surface area contributed by atoms with Crippen LogP contribution in [0.15, 0.2) is 48.5 Å². The highest BCUT2D eigenvalue weighted by Crippen LogP contribution is 2.27. The third-order valence-electron chi connectivity index (χ3n) is 3.77. The number of carbonyl (C=O) groups excluding carboxylic acids is 2. The maximum Gasteiger partial charge on any atom is 0.237 e. The molecule has 2 N–H and O–H groups in total. The summed E-state index contributed by atoms with van der Waals surface area (Å²) in [7, 11) is 0. The van der Waals surface area contributed by atoms with E-state index in [-0.39, 0.29) is 22.8 Å². The fraction of sp³-hybridized carbons (Fsp3) is 0.222. The molecule has 0 aliphatic carbocycles. The summed E-state index contributed by atoms with van der Waals surface area (Å²) in [5, 5.41) is 6.08. The first kappa shape index (κ1) is 16.9. The van der Waals surface area contributed by atoms with Gasteiger partial charge in [0.25, 0.3) is 0 Å². The summed E-state index contributed by atoms with van der Waals surface area (Å²) in [5.41, 5.74) is 2.66. The number of halogens is 1. The molecule has 1 unspecified atom stereocenters. The van der Waals surface area contributed by atoms with Crippen LogP contribution in [-0.4, -0.2) is 22.8 Å². The normalized spacial score (nSPS) is 16.7. The van der Waals surface area contributed by atoms with Crippen molar-refractivity contribution < 1.29 is 9.59 Å². The molecule has 0 spiro atoms. The molecule has 6 heteroatoms. The zero-order valence-electron chi connectivity index (χ0n) is 12.9. The van der Waals surface area contributed by atoms with E-state index in [1.165, 1.54) is 11.8 Å². The van der Waals surface area contributed by atoms with Gasteiger partial charge in [-0.05, 0) is 42.7 Å². The van der Waals surface area contributed by atoms with Gasteiger partial charge in [-0.15, -0.1) is 11.8 Å². The number of rotatable bonds is 4. The second kappa shape index (κ2) is 7.73. The molecule has 0 aromatic heterocycles. The first-order valence-electron chi connectivity index (χ1n) is 7.67. The van der Waals surface area contributed by atoms with Crippen LogP contribution in [0.25, 0.3) is 0 Å². The largest absolute Gasteiger partial charge is 0.325 e. The van der Waals surface area contributed by atoms with E-state index in [0.717, 1.165) is 24.1 Å². The van der Waals surface area contributed by atoms with E-state index in [2.05, 4.69) is 10.6 Å². The van der Waals surface area contributed by atoms with Crippen LogP contribution in [0.4, 0.5) is 11.4 Å². The van der Waals surface area contributed by atoms with Crippen molar-refractivity contribution >= 4 is 46.6 Å². The molecule has 1 heterocycles. The lowest BCUT2D eigenvalue weighted by molar-refractivity contribution is -0.115. The number of carbonyl (C=O) groups is 2. The molecule has 1 aliphatic heterocycles. The van der Waals surface area contributed by atoms with Crippen molar-refractivity contribution in [2.24, 2.45) is 0 Å². The molecule has 1 atom stereocenters. The Hall–Kier alpha value is -1.98. The van der Waals surface area contributed by atoms with Gasteiger partial charge in [-0.25, -0.2) is 0 Å². The predicted octanol–water partition coefficient (Wildman–Crippen LogP) is 3.97. The average Bonchev–Trinajstić information content (AvgIpc) is 2.71. The van der Waals surface area contributed by atoms with Crippen LogP contribution >= 0.6 is 23.4 Å². The molecule has 1 aliphatic rings. The topological polar surface area (TPSA) is 58.2 Å². The molecule has 2 aromatic carbocycles. The third-order valence-corrected chi connectivity index (χ3v) is 5.28. The van der Waals surface area contributed by atoms with Crippen LogP contribution in [0.2, 0.25) is 5.02 Å². The monoisotopic (exact) mass is 360 g/mol. The van der Waals surface area contributed by atoms with E-state index in [1.54, 1.807) is 24.3 Å². The van der Waals surface area contributed by atoms with Crippen LogP contribution in [-0.2, 0) is 16.0 Å². The van der Waals surface area contributed by atoms with Gasteiger partial charge in [0.1, 0.15) is 0 Å². The molecule has 24 heavy (non-hydrogen) atoms. The lowest BCUT2D eigenvalue weighted by Gasteiger charge is -2.12. The number of fused-ring (bicyclic) bond motifs is 1. The number of benzene rings is 2. The smallest absolute Gasteiger partial charge is 0.237 e. The summed E-state index contributed by atoms with van der Waals surface area (Å²) in [6.45, 7) is 0. The summed E-state index contributed by atoms with van der Waals surface area (Å²) in [5.74, 6) is 0.0401. The fourth-order valence-electron chi connectivity index (χ4n) is 2.59. The molecule has 0 bridgehead atoms. The fourth-order valence-corrected chi connectivity index (χ4v) is 3.70. The van der Waals surface area contributed by atoms with Gasteiger partial charge in [-0.2, -0.15) is 0 Å². The summed E-state index contributed by atoms with van der Waals surface area (Å²) < 4.78 is 0. The SMILES string of the molecule is O=C(CSC1CCc2ccccc2NC1=O)Nc1cccc(Cl)c1. The van der Waals surface area contributed by atoms with E-state index >= 15 is 0 Å². The molecule has 0 radical (unpaired) electrons. The highest BCUT2D eigenvalue weighted by atomic mass is 35.5. The Morgan fingerprint density at radius 3 is 2.92 bits per heavy atom. The number of hydrogen-bond acceptors (Lipinski definition) is 3. The van der Waals surface area contributed by atoms with Crippen molar-refractivity contribution in [1.82, 2.24) is 0 Å². The van der Waals surface area contributed by atoms with Crippen molar-refractivity contribution in [3.8, 4) is 0 Å². The quantitative estimate of drug-likeness (QED) is 0.867. The Bertz CT molecular complexity index is 766. The summed E-state index contributed by atoms with van der Waals surface area (Å²) in [6, 6.07) is 14.8. The lowest BCUT2D eigenvalue weighted by Crippen LogP contribution is -2.26. The maximum absolute atomic E-state index is 12.3. The van der Waals surface area contributed by atoms with Crippen molar-refractivity contribution in [3.63, 3.8) is 0 Å². The van der Waals surface area contributed by atoms with Crippen LogP contribution in [0, 0.1) is 0 Å². The Morgan fingerprint density at radius 1 is 1.25 bits per heavy atom. The Labute approximate surface area is 150 Å². The van der Waals surface area contributed by atoms with E-state index in [9.17, 15) is 9.59 Å². The highest BCUT2D eigenvalue weighted by Gasteiger charge is 2.24. The third kappa shape index (κ3) is 4.30. The maximum atomic E-state index is 12.3. The first-order chi connectivity index (χ1) is 11.6. The molecule has 0 saturated heterocycles. The molecular weight excluding hydrogens is 344 g/mol. The van der Waals surface area contributed by atoms with Gasteiger partial charge in [0.05, 0.1) is 11.0 Å². The van der Waals surface area contributed by atoms with Crippen LogP contribution in [0.3, 0.4) is 0 Å². The minimum Gasteiger partial charge on any atom is -0.325 e. The number of anilines is 2. The summed E-state index contributed by atoms with van der Waals surface area (Å²) in [4.78, 5) is 24.4. The van der Waals surface area contributed by atoms with Crippen LogP contribution in [0.5, 0.6) is 0 Å². The Balaban J connectivity index is 1.55. The van der Waals surface area contributed by atoms with E-state index < -0.39 is 0 Å². The zero-order chi connectivity index (χ0) is 16.9. The van der Waals surface area contributed by atoms with Crippen LogP contribution < -0.4 is 10.6 Å². The Kier molecular flexibility index (Phi) is 5.43. The van der Waals surface area contributed by atoms with Crippen molar-refractivity contribution in [1.29, 1.82) is 0 Å². The minimum atomic E-state index is -0.234. The van der Waals surface area contributed by atoms with Gasteiger partial charge in [0.15, 0.2) is 0 Å². The van der Waals surface area contributed by atoms with Crippen LogP contribution in [0.1, 0.15) is 12.0 Å². The molecule has 2 amide bonds. The number of thioether (sulfide) groups is 1. The molecule has 0 fully saturated rings. The van der Waals surface area contributed by atoms with Gasteiger partial charge >= 0.3 is 0 Å². The molecule has 4 nitrogen and oxygen atoms in total. The van der Waals surface area contributed by atoms with Crippen molar-refractivity contribution in [3.05, 3.63) is 59.1 Å². The number of aryl methyl sites for hydroxylation is 1. The lowest BCUT2D eigenvalue weighted by atomic mass is 10.1. The van der Waals surface area contributed by atoms with Crippen molar-refractivity contribution in [2.75, 3.05) is 16.4 Å². The highest BCUT2D eigenvalue weighted by molar-refractivity contribution is 8.01. The van der Waals surface area contributed by atoms with Gasteiger partial charge < -0.3 is 10.6 Å². The molecule has 3 rings (SSSR count). The van der Waals surface area contributed by atoms with Crippen molar-refractivity contribution in [2.45, 2.75) is 18.1 Å². The first-order valence-corrected chi connectivity index (χ1v) is 9.10. The second-order valence-electron chi connectivity index (χ2n) is 5.54. The summed E-state index contributed by atoms with van der Waals surface area (Å²) in [6.07, 6.45) is 1.54. The minimum absolute atomic E-state index is 0.0412. The van der Waals surface area contributed by atoms with Gasteiger partial charge in [0, 0.05) is 16.4 Å². The number of hydrogen-bond donors (Lipinski definition) is 2. The van der Waals surface area contributed by atoms with Gasteiger partial charge in [-0.3, -0.25) is 9.59 Å². The Morgan fingerprint density at radius 2 is 2.08 bits per heavy atom. The predicted molar refractivity (Wildman–Crippen MR) is 99.7 cm³/mol.